The summed E-state index contributed by atoms with van der Waals surface area (Å²) in [6, 6.07) is 0. The van der Waals surface area contributed by atoms with Gasteiger partial charge in [-0.25, -0.2) is 0 Å². The summed E-state index contributed by atoms with van der Waals surface area (Å²) >= 11 is 0. The number of carbonyl (C=O) groups is 1. The quantitative estimate of drug-likeness (QED) is 0.590. The maximum atomic E-state index is 9.77. The Labute approximate surface area is 73.9 Å². The number of carboxylic acids is 1. The van der Waals surface area contributed by atoms with Gasteiger partial charge in [0, 0.05) is 6.54 Å². The third-order valence-corrected chi connectivity index (χ3v) is 0.800. The molecule has 0 aliphatic carbocycles. The fourth-order valence-corrected chi connectivity index (χ4v) is 0.415. The van der Waals surface area contributed by atoms with Crippen LogP contribution in [0.3, 0.4) is 0 Å². The van der Waals surface area contributed by atoms with Crippen molar-refractivity contribution in [3.8, 4) is 0 Å². The van der Waals surface area contributed by atoms with E-state index in [4.69, 9.17) is 5.11 Å². The van der Waals surface area contributed by atoms with E-state index in [2.05, 4.69) is 11.9 Å². The number of rotatable bonds is 4. The van der Waals surface area contributed by atoms with Gasteiger partial charge in [0.1, 0.15) is 0 Å². The van der Waals surface area contributed by atoms with E-state index < -0.39 is 5.97 Å². The lowest BCUT2D eigenvalue weighted by atomic mass is 10.6. The van der Waals surface area contributed by atoms with Gasteiger partial charge in [0.15, 0.2) is 0 Å². The van der Waals surface area contributed by atoms with Crippen LogP contribution in [0.1, 0.15) is 0 Å². The lowest BCUT2D eigenvalue weighted by molar-refractivity contribution is -0.137. The summed E-state index contributed by atoms with van der Waals surface area (Å²) in [5.74, 6) is -0.787. The molecule has 0 aromatic heterocycles. The van der Waals surface area contributed by atoms with E-state index in [1.165, 1.54) is 0 Å². The molecule has 2 N–H and O–H groups in total. The molecule has 0 radical (unpaired) electrons. The molecule has 0 unspecified atom stereocenters. The topological polar surface area (TPSA) is 52.6 Å². The molecule has 4 heteroatoms. The second-order valence-corrected chi connectivity index (χ2v) is 2.48. The van der Waals surface area contributed by atoms with Crippen molar-refractivity contribution in [2.24, 2.45) is 0 Å². The Morgan fingerprint density at radius 1 is 1.67 bits per heavy atom. The summed E-state index contributed by atoms with van der Waals surface area (Å²) in [6.45, 7) is 4.50. The number of hydrogen-bond acceptors (Lipinski definition) is 3. The van der Waals surface area contributed by atoms with Crippen molar-refractivity contribution < 1.29 is 9.90 Å². The molecule has 72 valence electrons. The first-order chi connectivity index (χ1) is 5.54. The van der Waals surface area contributed by atoms with Gasteiger partial charge in [-0.05, 0) is 21.1 Å². The predicted molar refractivity (Wildman–Crippen MR) is 50.3 cm³/mol. The Morgan fingerprint density at radius 3 is 2.17 bits per heavy atom. The molecule has 0 spiro atoms. The lowest BCUT2D eigenvalue weighted by Gasteiger charge is -2.01. The summed E-state index contributed by atoms with van der Waals surface area (Å²) in [5, 5.41) is 10.9. The Kier molecular flexibility index (Phi) is 11.6. The average molecular weight is 174 g/mol. The molecule has 0 rings (SSSR count). The molecule has 0 bridgehead atoms. The van der Waals surface area contributed by atoms with Crippen LogP contribution in [-0.4, -0.2) is 50.2 Å². The fraction of sp³-hybridized carbons (Fsp3) is 0.625. The third-order valence-electron chi connectivity index (χ3n) is 0.800. The van der Waals surface area contributed by atoms with E-state index in [0.29, 0.717) is 0 Å². The maximum absolute atomic E-state index is 9.77. The van der Waals surface area contributed by atoms with Crippen LogP contribution in [0.4, 0.5) is 0 Å². The van der Waals surface area contributed by atoms with Gasteiger partial charge >= 0.3 is 5.97 Å². The number of hydrogen-bond donors (Lipinski definition) is 2. The second-order valence-electron chi connectivity index (χ2n) is 2.48. The molecule has 0 saturated carbocycles. The average Bonchev–Trinajstić information content (AvgIpc) is 1.87. The van der Waals surface area contributed by atoms with Crippen LogP contribution >= 0.6 is 0 Å². The van der Waals surface area contributed by atoms with Crippen LogP contribution in [-0.2, 0) is 4.79 Å². The summed E-state index contributed by atoms with van der Waals surface area (Å²) < 4.78 is 0. The zero-order chi connectivity index (χ0) is 9.98. The largest absolute Gasteiger partial charge is 0.480 e. The minimum absolute atomic E-state index is 0.111. The highest BCUT2D eigenvalue weighted by molar-refractivity contribution is 5.68. The van der Waals surface area contributed by atoms with Crippen molar-refractivity contribution in [2.75, 3.05) is 34.2 Å². The molecular formula is C8H18N2O2. The van der Waals surface area contributed by atoms with Gasteiger partial charge in [-0.15, -0.1) is 6.58 Å². The van der Waals surface area contributed by atoms with Crippen LogP contribution in [0, 0.1) is 0 Å². The monoisotopic (exact) mass is 174 g/mol. The van der Waals surface area contributed by atoms with Gasteiger partial charge in [0.05, 0.1) is 6.54 Å². The first-order valence-electron chi connectivity index (χ1n) is 3.66. The van der Waals surface area contributed by atoms with Gasteiger partial charge in [-0.1, -0.05) is 6.08 Å². The predicted octanol–water partition coefficient (Wildman–Crippen LogP) is 0.0244. The van der Waals surface area contributed by atoms with E-state index in [1.54, 1.807) is 19.0 Å². The highest BCUT2D eigenvalue weighted by Gasteiger charge is 1.94. The maximum Gasteiger partial charge on any atom is 0.317 e. The SMILES string of the molecule is C=CCNC.CN(C)CC(=O)O. The summed E-state index contributed by atoms with van der Waals surface area (Å²) in [5.41, 5.74) is 0. The van der Waals surface area contributed by atoms with Gasteiger partial charge in [0.25, 0.3) is 0 Å². The van der Waals surface area contributed by atoms with Crippen molar-refractivity contribution in [2.45, 2.75) is 0 Å². The highest BCUT2D eigenvalue weighted by Crippen LogP contribution is 1.69. The number of likely N-dealkylation sites (N-methyl/N-ethyl adjacent to an activating group) is 2. The molecule has 0 aromatic rings. The first-order valence-corrected chi connectivity index (χ1v) is 3.66. The smallest absolute Gasteiger partial charge is 0.317 e. The first kappa shape index (κ1) is 13.7. The van der Waals surface area contributed by atoms with Crippen LogP contribution in [0.25, 0.3) is 0 Å². The molecule has 0 saturated heterocycles. The van der Waals surface area contributed by atoms with Crippen LogP contribution < -0.4 is 5.32 Å². The van der Waals surface area contributed by atoms with E-state index in [0.717, 1.165) is 6.54 Å². The van der Waals surface area contributed by atoms with Crippen LogP contribution in [0.5, 0.6) is 0 Å². The van der Waals surface area contributed by atoms with E-state index in [9.17, 15) is 4.79 Å². The number of aliphatic carboxylic acids is 1. The molecule has 0 atom stereocenters. The molecule has 4 nitrogen and oxygen atoms in total. The number of nitrogens with zero attached hydrogens (tertiary/aromatic N) is 1. The van der Waals surface area contributed by atoms with Gasteiger partial charge in [0.2, 0.25) is 0 Å². The molecule has 0 aliphatic heterocycles. The van der Waals surface area contributed by atoms with Gasteiger partial charge in [-0.2, -0.15) is 0 Å². The molecule has 0 fully saturated rings. The Morgan fingerprint density at radius 2 is 2.17 bits per heavy atom. The standard InChI is InChI=1S/C4H9NO2.C4H9N/c1-5(2)3-4(6)7;1-3-4-5-2/h3H2,1-2H3,(H,6,7);3,5H,1,4H2,2H3. The van der Waals surface area contributed by atoms with Crippen molar-refractivity contribution in [1.29, 1.82) is 0 Å². The minimum atomic E-state index is -0.787. The van der Waals surface area contributed by atoms with Crippen LogP contribution in [0.2, 0.25) is 0 Å². The molecule has 0 amide bonds. The minimum Gasteiger partial charge on any atom is -0.480 e. The normalized spacial score (nSPS) is 8.67. The third kappa shape index (κ3) is 22.9. The summed E-state index contributed by atoms with van der Waals surface area (Å²) in [6.07, 6.45) is 1.82. The zero-order valence-electron chi connectivity index (χ0n) is 8.00. The Hall–Kier alpha value is -0.870. The molecule has 0 aromatic carbocycles. The molecule has 0 aliphatic rings. The van der Waals surface area contributed by atoms with Crippen LogP contribution in [0.15, 0.2) is 12.7 Å². The van der Waals surface area contributed by atoms with Crippen molar-refractivity contribution in [3.05, 3.63) is 12.7 Å². The van der Waals surface area contributed by atoms with Gasteiger partial charge < -0.3 is 10.4 Å². The fourth-order valence-electron chi connectivity index (χ4n) is 0.415. The zero-order valence-corrected chi connectivity index (χ0v) is 8.00. The van der Waals surface area contributed by atoms with E-state index >= 15 is 0 Å². The van der Waals surface area contributed by atoms with Crippen molar-refractivity contribution >= 4 is 5.97 Å². The number of carboxylic acid groups (broad SMARTS) is 1. The van der Waals surface area contributed by atoms with E-state index in [1.807, 2.05) is 13.1 Å². The summed E-state index contributed by atoms with van der Waals surface area (Å²) in [7, 11) is 5.32. The summed E-state index contributed by atoms with van der Waals surface area (Å²) in [4.78, 5) is 11.4. The number of nitrogens with one attached hydrogen (secondary N) is 1. The van der Waals surface area contributed by atoms with Crippen molar-refractivity contribution in [1.82, 2.24) is 10.2 Å². The molecule has 0 heterocycles. The van der Waals surface area contributed by atoms with Gasteiger partial charge in [-0.3, -0.25) is 9.69 Å². The molecular weight excluding hydrogens is 156 g/mol. The molecule has 12 heavy (non-hydrogen) atoms. The Balaban J connectivity index is 0. The lowest BCUT2D eigenvalue weighted by Crippen LogP contribution is -2.20. The second kappa shape index (κ2) is 10.1. The van der Waals surface area contributed by atoms with E-state index in [-0.39, 0.29) is 6.54 Å². The highest BCUT2D eigenvalue weighted by atomic mass is 16.4. The van der Waals surface area contributed by atoms with Crippen molar-refractivity contribution in [3.63, 3.8) is 0 Å². The Bertz CT molecular complexity index is 124.